The fourth-order valence-corrected chi connectivity index (χ4v) is 6.29. The fourth-order valence-electron chi connectivity index (χ4n) is 6.29. The Morgan fingerprint density at radius 2 is 1.88 bits per heavy atom. The number of ether oxygens (including phenoxy) is 2. The van der Waals surface area contributed by atoms with Crippen molar-refractivity contribution >= 4 is 17.6 Å². The number of carbonyl (C=O) groups is 2. The molecule has 0 aromatic heterocycles. The van der Waals surface area contributed by atoms with Crippen molar-refractivity contribution in [2.24, 2.45) is 5.92 Å². The number of methoxy groups -OCH3 is 1. The van der Waals surface area contributed by atoms with Crippen molar-refractivity contribution in [2.75, 3.05) is 25.6 Å². The van der Waals surface area contributed by atoms with Gasteiger partial charge in [-0.25, -0.2) is 4.79 Å². The van der Waals surface area contributed by atoms with Crippen LogP contribution < -0.4 is 5.32 Å². The van der Waals surface area contributed by atoms with Crippen molar-refractivity contribution < 1.29 is 19.1 Å². The molecule has 0 radical (unpaired) electrons. The minimum Gasteiger partial charge on any atom is -0.466 e. The monoisotopic (exact) mass is 446 g/mol. The number of hydrogen-bond donors (Lipinski definition) is 1. The van der Waals surface area contributed by atoms with Gasteiger partial charge in [0.1, 0.15) is 0 Å². The van der Waals surface area contributed by atoms with E-state index in [1.165, 1.54) is 18.2 Å². The molecule has 3 atom stereocenters. The first-order valence-corrected chi connectivity index (χ1v) is 11.7. The maximum Gasteiger partial charge on any atom is 0.335 e. The first-order valence-electron chi connectivity index (χ1n) is 11.7. The van der Waals surface area contributed by atoms with Gasteiger partial charge in [-0.2, -0.15) is 0 Å². The summed E-state index contributed by atoms with van der Waals surface area (Å²) in [6.07, 6.45) is 1.64. The molecule has 33 heavy (non-hydrogen) atoms. The smallest absolute Gasteiger partial charge is 0.335 e. The van der Waals surface area contributed by atoms with Gasteiger partial charge in [0.2, 0.25) is 0 Å². The summed E-state index contributed by atoms with van der Waals surface area (Å²) in [6.45, 7) is 3.86. The fraction of sp³-hybridized carbons (Fsp3) is 0.407. The number of likely N-dealkylation sites (tertiary alicyclic amines) is 1. The van der Waals surface area contributed by atoms with E-state index < -0.39 is 0 Å². The van der Waals surface area contributed by atoms with Crippen LogP contribution in [-0.2, 0) is 31.0 Å². The third-order valence-electron chi connectivity index (χ3n) is 7.41. The van der Waals surface area contributed by atoms with Gasteiger partial charge in [-0.1, -0.05) is 48.5 Å². The Balaban J connectivity index is 1.63. The lowest BCUT2D eigenvalue weighted by Crippen LogP contribution is -2.52. The number of rotatable bonds is 6. The van der Waals surface area contributed by atoms with Crippen LogP contribution in [0, 0.1) is 5.92 Å². The lowest BCUT2D eigenvalue weighted by molar-refractivity contribution is -0.145. The van der Waals surface area contributed by atoms with Gasteiger partial charge in [0.15, 0.2) is 0 Å². The van der Waals surface area contributed by atoms with Gasteiger partial charge in [-0.15, -0.1) is 0 Å². The van der Waals surface area contributed by atoms with E-state index in [0.29, 0.717) is 18.6 Å². The highest BCUT2D eigenvalue weighted by Crippen LogP contribution is 2.59. The summed E-state index contributed by atoms with van der Waals surface area (Å²) in [4.78, 5) is 28.1. The second kappa shape index (κ2) is 8.67. The van der Waals surface area contributed by atoms with Crippen molar-refractivity contribution in [3.8, 4) is 0 Å². The third kappa shape index (κ3) is 3.53. The van der Waals surface area contributed by atoms with Crippen LogP contribution >= 0.6 is 0 Å². The zero-order valence-corrected chi connectivity index (χ0v) is 19.2. The number of benzene rings is 2. The molecular formula is C27H30N2O4. The van der Waals surface area contributed by atoms with Crippen molar-refractivity contribution in [3.63, 3.8) is 0 Å². The second-order valence-electron chi connectivity index (χ2n) is 9.11. The maximum atomic E-state index is 12.9. The molecule has 1 aliphatic carbocycles. The highest BCUT2D eigenvalue weighted by Gasteiger charge is 2.61. The molecule has 2 heterocycles. The Morgan fingerprint density at radius 3 is 2.64 bits per heavy atom. The van der Waals surface area contributed by atoms with Crippen LogP contribution in [-0.4, -0.2) is 43.1 Å². The Bertz CT molecular complexity index is 1100. The SMILES string of the molecule is CCOC(=O)C[C@@H]1CC(C(=O)OC)=C2Nc3ccccc3C23CCN(Cc2ccccc2)[C@@H]13. The van der Waals surface area contributed by atoms with Crippen LogP contribution in [0.4, 0.5) is 5.69 Å². The molecule has 0 bridgehead atoms. The molecule has 0 saturated carbocycles. The predicted molar refractivity (Wildman–Crippen MR) is 125 cm³/mol. The van der Waals surface area contributed by atoms with Gasteiger partial charge in [0, 0.05) is 30.5 Å². The molecule has 0 amide bonds. The number of carbonyl (C=O) groups excluding carboxylic acids is 2. The standard InChI is InChI=1S/C27H30N2O4/c1-3-33-23(30)16-19-15-20(26(31)32-2)24-27(21-11-7-8-12-22(21)28-24)13-14-29(25(19)27)17-18-9-5-4-6-10-18/h4-12,19,25,28H,3,13-17H2,1-2H3/t19-,25-,27?/m0/s1. The molecule has 6 nitrogen and oxygen atoms in total. The second-order valence-corrected chi connectivity index (χ2v) is 9.11. The van der Waals surface area contributed by atoms with Crippen molar-refractivity contribution in [2.45, 2.75) is 44.2 Å². The molecule has 1 unspecified atom stereocenters. The molecule has 3 aliphatic rings. The van der Waals surface area contributed by atoms with Crippen LogP contribution in [0.1, 0.15) is 37.3 Å². The van der Waals surface area contributed by atoms with E-state index in [2.05, 4.69) is 52.7 Å². The Labute approximate surface area is 194 Å². The van der Waals surface area contributed by atoms with Gasteiger partial charge in [0.05, 0.1) is 31.1 Å². The van der Waals surface area contributed by atoms with Crippen LogP contribution in [0.3, 0.4) is 0 Å². The van der Waals surface area contributed by atoms with Crippen molar-refractivity contribution in [3.05, 3.63) is 77.0 Å². The molecule has 1 fully saturated rings. The molecule has 6 heteroatoms. The minimum atomic E-state index is -0.371. The lowest BCUT2D eigenvalue weighted by atomic mass is 9.62. The third-order valence-corrected chi connectivity index (χ3v) is 7.41. The largest absolute Gasteiger partial charge is 0.466 e. The van der Waals surface area contributed by atoms with Crippen LogP contribution in [0.15, 0.2) is 65.9 Å². The summed E-state index contributed by atoms with van der Waals surface area (Å²) < 4.78 is 10.5. The molecule has 2 aromatic rings. The van der Waals surface area contributed by atoms with E-state index in [0.717, 1.165) is 30.9 Å². The zero-order chi connectivity index (χ0) is 23.0. The lowest BCUT2D eigenvalue weighted by Gasteiger charge is -2.45. The van der Waals surface area contributed by atoms with E-state index >= 15 is 0 Å². The molecule has 5 rings (SSSR count). The van der Waals surface area contributed by atoms with Crippen LogP contribution in [0.5, 0.6) is 0 Å². The van der Waals surface area contributed by atoms with E-state index in [1.54, 1.807) is 0 Å². The summed E-state index contributed by atoms with van der Waals surface area (Å²) in [5.74, 6) is -0.587. The summed E-state index contributed by atoms with van der Waals surface area (Å²) in [5, 5.41) is 3.58. The van der Waals surface area contributed by atoms with E-state index in [9.17, 15) is 9.59 Å². The summed E-state index contributed by atoms with van der Waals surface area (Å²) in [5.41, 5.74) is 4.72. The summed E-state index contributed by atoms with van der Waals surface area (Å²) >= 11 is 0. The number of para-hydroxylation sites is 1. The number of esters is 2. The van der Waals surface area contributed by atoms with Gasteiger partial charge < -0.3 is 14.8 Å². The Morgan fingerprint density at radius 1 is 1.12 bits per heavy atom. The van der Waals surface area contributed by atoms with Gasteiger partial charge >= 0.3 is 11.9 Å². The predicted octanol–water partition coefficient (Wildman–Crippen LogP) is 4.02. The molecule has 2 aliphatic heterocycles. The van der Waals surface area contributed by atoms with E-state index in [4.69, 9.17) is 9.47 Å². The molecule has 1 saturated heterocycles. The number of fused-ring (bicyclic) bond motifs is 1. The van der Waals surface area contributed by atoms with Gasteiger partial charge in [0.25, 0.3) is 0 Å². The highest BCUT2D eigenvalue weighted by molar-refractivity contribution is 5.93. The minimum absolute atomic E-state index is 0.0546. The van der Waals surface area contributed by atoms with Crippen molar-refractivity contribution in [1.29, 1.82) is 0 Å². The molecule has 172 valence electrons. The summed E-state index contributed by atoms with van der Waals surface area (Å²) in [6, 6.07) is 18.8. The number of nitrogens with one attached hydrogen (secondary N) is 1. The summed E-state index contributed by atoms with van der Waals surface area (Å²) in [7, 11) is 1.42. The first-order chi connectivity index (χ1) is 16.1. The Kier molecular flexibility index (Phi) is 5.71. The number of nitrogens with zero attached hydrogens (tertiary/aromatic N) is 1. The molecular weight excluding hydrogens is 416 g/mol. The topological polar surface area (TPSA) is 67.9 Å². The molecule has 1 spiro atoms. The molecule has 2 aromatic carbocycles. The number of hydrogen-bond acceptors (Lipinski definition) is 6. The quantitative estimate of drug-likeness (QED) is 0.676. The van der Waals surface area contributed by atoms with Crippen LogP contribution in [0.25, 0.3) is 0 Å². The van der Waals surface area contributed by atoms with E-state index in [1.807, 2.05) is 19.1 Å². The zero-order valence-electron chi connectivity index (χ0n) is 19.2. The van der Waals surface area contributed by atoms with E-state index in [-0.39, 0.29) is 35.7 Å². The average Bonchev–Trinajstić information content (AvgIpc) is 3.37. The normalized spacial score (nSPS) is 25.6. The highest BCUT2D eigenvalue weighted by atomic mass is 16.5. The molecule has 1 N–H and O–H groups in total. The van der Waals surface area contributed by atoms with Gasteiger partial charge in [-0.3, -0.25) is 9.69 Å². The maximum absolute atomic E-state index is 12.9. The van der Waals surface area contributed by atoms with Gasteiger partial charge in [-0.05, 0) is 42.9 Å². The van der Waals surface area contributed by atoms with Crippen LogP contribution in [0.2, 0.25) is 0 Å². The average molecular weight is 447 g/mol. The number of anilines is 1. The first kappa shape index (κ1) is 21.7. The van der Waals surface area contributed by atoms with Crippen molar-refractivity contribution in [1.82, 2.24) is 4.90 Å². The Hall–Kier alpha value is -3.12.